The second-order valence-corrected chi connectivity index (χ2v) is 4.69. The van der Waals surface area contributed by atoms with Crippen LogP contribution in [0.4, 0.5) is 30.2 Å². The van der Waals surface area contributed by atoms with Crippen molar-refractivity contribution < 1.29 is 13.2 Å². The van der Waals surface area contributed by atoms with Gasteiger partial charge >= 0.3 is 6.18 Å². The van der Waals surface area contributed by atoms with Crippen molar-refractivity contribution in [3.63, 3.8) is 0 Å². The molecule has 0 spiro atoms. The molecule has 2 nitrogen and oxygen atoms in total. The highest BCUT2D eigenvalue weighted by molar-refractivity contribution is 5.76. The molecule has 0 saturated carbocycles. The van der Waals surface area contributed by atoms with E-state index in [0.717, 1.165) is 23.3 Å². The van der Waals surface area contributed by atoms with Gasteiger partial charge in [-0.1, -0.05) is 18.2 Å². The van der Waals surface area contributed by atoms with Crippen molar-refractivity contribution in [2.24, 2.45) is 0 Å². The number of nitrogens with one attached hydrogen (secondary N) is 1. The van der Waals surface area contributed by atoms with Crippen LogP contribution in [0, 0.1) is 13.8 Å². The Labute approximate surface area is 115 Å². The predicted molar refractivity (Wildman–Crippen MR) is 75.1 cm³/mol. The molecule has 0 unspecified atom stereocenters. The third kappa shape index (κ3) is 2.87. The van der Waals surface area contributed by atoms with Gasteiger partial charge in [-0.3, -0.25) is 0 Å². The van der Waals surface area contributed by atoms with E-state index in [1.54, 1.807) is 19.1 Å². The maximum atomic E-state index is 12.7. The van der Waals surface area contributed by atoms with E-state index in [4.69, 9.17) is 5.73 Å². The van der Waals surface area contributed by atoms with Gasteiger partial charge in [0.15, 0.2) is 0 Å². The van der Waals surface area contributed by atoms with E-state index in [9.17, 15) is 13.2 Å². The number of aryl methyl sites for hydroxylation is 2. The zero-order valence-electron chi connectivity index (χ0n) is 11.2. The van der Waals surface area contributed by atoms with Gasteiger partial charge in [0.05, 0.1) is 16.9 Å². The minimum atomic E-state index is -4.36. The molecule has 2 aromatic rings. The molecule has 2 aromatic carbocycles. The van der Waals surface area contributed by atoms with Crippen LogP contribution in [0.3, 0.4) is 0 Å². The fourth-order valence-corrected chi connectivity index (χ4v) is 1.87. The van der Waals surface area contributed by atoms with E-state index >= 15 is 0 Å². The Hall–Kier alpha value is -2.17. The fourth-order valence-electron chi connectivity index (χ4n) is 1.87. The maximum Gasteiger partial charge on any atom is 0.416 e. The first-order chi connectivity index (χ1) is 9.29. The molecular formula is C15H15F3N2. The Balaban J connectivity index is 2.41. The Morgan fingerprint density at radius 3 is 2.30 bits per heavy atom. The topological polar surface area (TPSA) is 38.0 Å². The number of anilines is 3. The summed E-state index contributed by atoms with van der Waals surface area (Å²) in [5.41, 5.74) is 8.37. The lowest BCUT2D eigenvalue weighted by molar-refractivity contribution is -0.137. The summed E-state index contributed by atoms with van der Waals surface area (Å²) in [6, 6.07) is 8.99. The van der Waals surface area contributed by atoms with Crippen LogP contribution in [0.1, 0.15) is 16.7 Å². The van der Waals surface area contributed by atoms with E-state index in [0.29, 0.717) is 17.1 Å². The third-order valence-corrected chi connectivity index (χ3v) is 3.16. The second-order valence-electron chi connectivity index (χ2n) is 4.69. The minimum absolute atomic E-state index is 0.400. The standard InChI is InChI=1S/C15H15F3N2/c1-9-6-7-11(15(16,17)18)8-13(9)20-12-5-3-4-10(2)14(12)19/h3-8,20H,19H2,1-2H3. The largest absolute Gasteiger partial charge is 0.416 e. The summed E-state index contributed by atoms with van der Waals surface area (Å²) in [4.78, 5) is 0. The van der Waals surface area contributed by atoms with Gasteiger partial charge in [-0.25, -0.2) is 0 Å². The molecule has 2 rings (SSSR count). The van der Waals surface area contributed by atoms with Gasteiger partial charge < -0.3 is 11.1 Å². The van der Waals surface area contributed by atoms with Gasteiger partial charge in [0.2, 0.25) is 0 Å². The molecule has 0 saturated heterocycles. The Bertz CT molecular complexity index is 634. The predicted octanol–water partition coefficient (Wildman–Crippen LogP) is 4.65. The summed E-state index contributed by atoms with van der Waals surface area (Å²) in [6.45, 7) is 3.59. The van der Waals surface area contributed by atoms with Crippen LogP contribution in [-0.4, -0.2) is 0 Å². The van der Waals surface area contributed by atoms with Crippen LogP contribution < -0.4 is 11.1 Å². The molecule has 5 heteroatoms. The summed E-state index contributed by atoms with van der Waals surface area (Å²) >= 11 is 0. The van der Waals surface area contributed by atoms with Crippen LogP contribution in [0.15, 0.2) is 36.4 Å². The highest BCUT2D eigenvalue weighted by atomic mass is 19.4. The van der Waals surface area contributed by atoms with Crippen molar-refractivity contribution >= 4 is 17.1 Å². The van der Waals surface area contributed by atoms with E-state index in [1.165, 1.54) is 6.07 Å². The van der Waals surface area contributed by atoms with E-state index in [2.05, 4.69) is 5.32 Å². The Morgan fingerprint density at radius 2 is 1.65 bits per heavy atom. The van der Waals surface area contributed by atoms with Crippen LogP contribution >= 0.6 is 0 Å². The lowest BCUT2D eigenvalue weighted by Crippen LogP contribution is -2.06. The summed E-state index contributed by atoms with van der Waals surface area (Å²) in [7, 11) is 0. The van der Waals surface area contributed by atoms with Crippen molar-refractivity contribution in [3.05, 3.63) is 53.1 Å². The quantitative estimate of drug-likeness (QED) is 0.786. The number of nitrogens with two attached hydrogens (primary N) is 1. The minimum Gasteiger partial charge on any atom is -0.397 e. The molecule has 20 heavy (non-hydrogen) atoms. The van der Waals surface area contributed by atoms with Crippen molar-refractivity contribution in [2.75, 3.05) is 11.1 Å². The zero-order chi connectivity index (χ0) is 14.9. The van der Waals surface area contributed by atoms with Gasteiger partial charge in [0.25, 0.3) is 0 Å². The first-order valence-corrected chi connectivity index (χ1v) is 6.09. The van der Waals surface area contributed by atoms with Gasteiger partial charge in [0, 0.05) is 5.69 Å². The SMILES string of the molecule is Cc1ccc(C(F)(F)F)cc1Nc1cccc(C)c1N. The third-order valence-electron chi connectivity index (χ3n) is 3.16. The summed E-state index contributed by atoms with van der Waals surface area (Å²) in [5, 5.41) is 2.97. The monoisotopic (exact) mass is 280 g/mol. The summed E-state index contributed by atoms with van der Waals surface area (Å²) < 4.78 is 38.2. The van der Waals surface area contributed by atoms with Crippen molar-refractivity contribution in [3.8, 4) is 0 Å². The average molecular weight is 280 g/mol. The summed E-state index contributed by atoms with van der Waals surface area (Å²) in [6.07, 6.45) is -4.36. The first kappa shape index (κ1) is 14.2. The van der Waals surface area contributed by atoms with Crippen LogP contribution in [0.25, 0.3) is 0 Å². The normalized spacial score (nSPS) is 11.4. The number of alkyl halides is 3. The molecule has 0 aliphatic heterocycles. The Kier molecular flexibility index (Phi) is 3.61. The van der Waals surface area contributed by atoms with Crippen LogP contribution in [0.5, 0.6) is 0 Å². The van der Waals surface area contributed by atoms with Crippen molar-refractivity contribution in [1.29, 1.82) is 0 Å². The number of para-hydroxylation sites is 1. The maximum absolute atomic E-state index is 12.7. The molecule has 0 aliphatic rings. The number of hydrogen-bond acceptors (Lipinski definition) is 2. The number of halogens is 3. The molecule has 0 atom stereocenters. The smallest absolute Gasteiger partial charge is 0.397 e. The van der Waals surface area contributed by atoms with Gasteiger partial charge in [-0.05, 0) is 43.2 Å². The molecule has 0 aromatic heterocycles. The first-order valence-electron chi connectivity index (χ1n) is 6.09. The van der Waals surface area contributed by atoms with Gasteiger partial charge in [-0.2, -0.15) is 13.2 Å². The molecule has 106 valence electrons. The fraction of sp³-hybridized carbons (Fsp3) is 0.200. The molecule has 3 N–H and O–H groups in total. The van der Waals surface area contributed by atoms with E-state index in [1.807, 2.05) is 13.0 Å². The lowest BCUT2D eigenvalue weighted by Gasteiger charge is -2.15. The van der Waals surface area contributed by atoms with Crippen LogP contribution in [0.2, 0.25) is 0 Å². The summed E-state index contributed by atoms with van der Waals surface area (Å²) in [5.74, 6) is 0. The van der Waals surface area contributed by atoms with Crippen molar-refractivity contribution in [1.82, 2.24) is 0 Å². The van der Waals surface area contributed by atoms with Crippen LogP contribution in [-0.2, 0) is 6.18 Å². The van der Waals surface area contributed by atoms with Gasteiger partial charge in [-0.15, -0.1) is 0 Å². The number of benzene rings is 2. The number of hydrogen-bond donors (Lipinski definition) is 2. The van der Waals surface area contributed by atoms with E-state index in [-0.39, 0.29) is 0 Å². The molecule has 0 aliphatic carbocycles. The Morgan fingerprint density at radius 1 is 0.950 bits per heavy atom. The highest BCUT2D eigenvalue weighted by Crippen LogP contribution is 2.34. The second kappa shape index (κ2) is 5.07. The van der Waals surface area contributed by atoms with Crippen molar-refractivity contribution in [2.45, 2.75) is 20.0 Å². The zero-order valence-corrected chi connectivity index (χ0v) is 11.2. The molecular weight excluding hydrogens is 265 g/mol. The molecule has 0 heterocycles. The van der Waals surface area contributed by atoms with E-state index < -0.39 is 11.7 Å². The molecule has 0 amide bonds. The number of rotatable bonds is 2. The molecule has 0 bridgehead atoms. The number of nitrogen functional groups attached to an aromatic ring is 1. The molecule has 0 radical (unpaired) electrons. The average Bonchev–Trinajstić information content (AvgIpc) is 2.36. The molecule has 0 fully saturated rings. The highest BCUT2D eigenvalue weighted by Gasteiger charge is 2.30. The van der Waals surface area contributed by atoms with Gasteiger partial charge in [0.1, 0.15) is 0 Å². The lowest BCUT2D eigenvalue weighted by atomic mass is 10.1.